The van der Waals surface area contributed by atoms with Gasteiger partial charge in [-0.25, -0.2) is 4.79 Å². The molecule has 0 atom stereocenters. The summed E-state index contributed by atoms with van der Waals surface area (Å²) < 4.78 is 0. The third kappa shape index (κ3) is 5.99. The molecule has 0 aromatic rings. The first kappa shape index (κ1) is 15.3. The van der Waals surface area contributed by atoms with Crippen molar-refractivity contribution in [3.8, 4) is 0 Å². The predicted molar refractivity (Wildman–Crippen MR) is 69.4 cm³/mol. The maximum atomic E-state index is 10.9. The van der Waals surface area contributed by atoms with Gasteiger partial charge in [-0.05, 0) is 18.8 Å². The molecule has 1 heterocycles. The Bertz CT molecular complexity index is 175. The van der Waals surface area contributed by atoms with Crippen LogP contribution in [0.4, 0.5) is 4.79 Å². The summed E-state index contributed by atoms with van der Waals surface area (Å²) >= 11 is 0. The molecule has 2 N–H and O–H groups in total. The Morgan fingerprint density at radius 3 is 2.25 bits per heavy atom. The van der Waals surface area contributed by atoms with Crippen LogP contribution in [0.5, 0.6) is 0 Å². The molecule has 1 rings (SSSR count). The van der Waals surface area contributed by atoms with Gasteiger partial charge in [-0.15, -0.1) is 0 Å². The number of carbonyl (C=O) groups is 1. The third-order valence-electron chi connectivity index (χ3n) is 3.14. The topological polar surface area (TPSA) is 46.3 Å². The number of nitrogens with two attached hydrogens (primary N) is 1. The normalized spacial score (nSPS) is 16.6. The van der Waals surface area contributed by atoms with Crippen molar-refractivity contribution >= 4 is 6.03 Å². The first-order valence-electron chi connectivity index (χ1n) is 6.78. The smallest absolute Gasteiger partial charge is 0.314 e. The largest absolute Gasteiger partial charge is 0.351 e. The molecule has 1 saturated heterocycles. The van der Waals surface area contributed by atoms with Gasteiger partial charge in [-0.3, -0.25) is 0 Å². The fraction of sp³-hybridized carbons (Fsp3) is 0.923. The Balaban J connectivity index is 0.00000106. The fourth-order valence-electron chi connectivity index (χ4n) is 2.13. The molecule has 0 saturated carbocycles. The van der Waals surface area contributed by atoms with Gasteiger partial charge in [0.05, 0.1) is 0 Å². The lowest BCUT2D eigenvalue weighted by molar-refractivity contribution is 0.175. The van der Waals surface area contributed by atoms with Crippen molar-refractivity contribution in [2.75, 3.05) is 13.1 Å². The summed E-state index contributed by atoms with van der Waals surface area (Å²) in [5.41, 5.74) is 5.22. The molecular formula is C13H28N2O. The Morgan fingerprint density at radius 1 is 1.25 bits per heavy atom. The molecule has 0 aromatic heterocycles. The van der Waals surface area contributed by atoms with Crippen LogP contribution in [-0.2, 0) is 0 Å². The van der Waals surface area contributed by atoms with E-state index >= 15 is 0 Å². The average Bonchev–Trinajstić information content (AvgIpc) is 2.33. The zero-order valence-electron chi connectivity index (χ0n) is 11.2. The highest BCUT2D eigenvalue weighted by Gasteiger charge is 2.20. The second-order valence-corrected chi connectivity index (χ2v) is 4.26. The van der Waals surface area contributed by atoms with Gasteiger partial charge in [0.25, 0.3) is 0 Å². The number of urea groups is 1. The number of likely N-dealkylation sites (tertiary alicyclic amines) is 1. The van der Waals surface area contributed by atoms with E-state index in [0.717, 1.165) is 31.8 Å². The number of rotatable bonds is 4. The molecule has 1 aliphatic rings. The van der Waals surface area contributed by atoms with Gasteiger partial charge in [0.2, 0.25) is 0 Å². The minimum absolute atomic E-state index is 0.253. The third-order valence-corrected chi connectivity index (χ3v) is 3.14. The Hall–Kier alpha value is -0.730. The molecule has 0 aliphatic carbocycles. The zero-order chi connectivity index (χ0) is 12.4. The standard InChI is InChI=1S/C11H22N2O.C2H6/c1-2-3-4-5-10-6-8-13(9-7-10)11(12)14;1-2/h10H,2-9H2,1H3,(H2,12,14);1-2H3. The SMILES string of the molecule is CC.CCCCCC1CCN(C(N)=O)CC1. The van der Waals surface area contributed by atoms with Crippen molar-refractivity contribution in [2.45, 2.75) is 59.3 Å². The number of hydrogen-bond donors (Lipinski definition) is 1. The molecule has 96 valence electrons. The first-order valence-corrected chi connectivity index (χ1v) is 6.78. The lowest BCUT2D eigenvalue weighted by Gasteiger charge is -2.30. The van der Waals surface area contributed by atoms with Crippen LogP contribution in [0.25, 0.3) is 0 Å². The molecule has 3 heteroatoms. The van der Waals surface area contributed by atoms with Crippen molar-refractivity contribution < 1.29 is 4.79 Å². The fourth-order valence-corrected chi connectivity index (χ4v) is 2.13. The number of carbonyl (C=O) groups excluding carboxylic acids is 1. The van der Waals surface area contributed by atoms with Crippen LogP contribution < -0.4 is 5.73 Å². The molecule has 2 amide bonds. The summed E-state index contributed by atoms with van der Waals surface area (Å²) in [6.45, 7) is 7.97. The Kier molecular flexibility index (Phi) is 9.06. The summed E-state index contributed by atoms with van der Waals surface area (Å²) in [4.78, 5) is 12.6. The van der Waals surface area contributed by atoms with Crippen molar-refractivity contribution in [1.29, 1.82) is 0 Å². The quantitative estimate of drug-likeness (QED) is 0.737. The van der Waals surface area contributed by atoms with Crippen molar-refractivity contribution in [3.05, 3.63) is 0 Å². The summed E-state index contributed by atoms with van der Waals surface area (Å²) in [5.74, 6) is 0.831. The van der Waals surface area contributed by atoms with Crippen LogP contribution >= 0.6 is 0 Å². The molecule has 3 nitrogen and oxygen atoms in total. The van der Waals surface area contributed by atoms with Crippen LogP contribution in [0, 0.1) is 5.92 Å². The van der Waals surface area contributed by atoms with Gasteiger partial charge in [-0.2, -0.15) is 0 Å². The van der Waals surface area contributed by atoms with E-state index in [-0.39, 0.29) is 6.03 Å². The lowest BCUT2D eigenvalue weighted by atomic mass is 9.91. The van der Waals surface area contributed by atoms with E-state index < -0.39 is 0 Å². The van der Waals surface area contributed by atoms with Crippen molar-refractivity contribution in [3.63, 3.8) is 0 Å². The molecule has 0 spiro atoms. The van der Waals surface area contributed by atoms with Crippen LogP contribution in [0.3, 0.4) is 0 Å². The highest BCUT2D eigenvalue weighted by atomic mass is 16.2. The van der Waals surface area contributed by atoms with Gasteiger partial charge < -0.3 is 10.6 Å². The van der Waals surface area contributed by atoms with Gasteiger partial charge in [0.15, 0.2) is 0 Å². The van der Waals surface area contributed by atoms with Crippen molar-refractivity contribution in [1.82, 2.24) is 4.90 Å². The van der Waals surface area contributed by atoms with Crippen LogP contribution in [0.15, 0.2) is 0 Å². The summed E-state index contributed by atoms with van der Waals surface area (Å²) in [7, 11) is 0. The van der Waals surface area contributed by atoms with Crippen LogP contribution in [0.1, 0.15) is 59.3 Å². The number of piperidine rings is 1. The minimum Gasteiger partial charge on any atom is -0.351 e. The Morgan fingerprint density at radius 2 is 1.81 bits per heavy atom. The maximum absolute atomic E-state index is 10.9. The monoisotopic (exact) mass is 228 g/mol. The summed E-state index contributed by atoms with van der Waals surface area (Å²) in [6.07, 6.45) is 7.60. The van der Waals surface area contributed by atoms with Crippen LogP contribution in [0.2, 0.25) is 0 Å². The number of primary amides is 1. The number of nitrogens with zero attached hydrogens (tertiary/aromatic N) is 1. The van der Waals surface area contributed by atoms with E-state index in [1.165, 1.54) is 25.7 Å². The number of amides is 2. The summed E-state index contributed by atoms with van der Waals surface area (Å²) in [5, 5.41) is 0. The highest BCUT2D eigenvalue weighted by Crippen LogP contribution is 2.22. The van der Waals surface area contributed by atoms with Crippen molar-refractivity contribution in [2.24, 2.45) is 11.7 Å². The zero-order valence-corrected chi connectivity index (χ0v) is 11.2. The van der Waals surface area contributed by atoms with E-state index in [1.54, 1.807) is 4.90 Å². The van der Waals surface area contributed by atoms with Gasteiger partial charge in [0.1, 0.15) is 0 Å². The molecule has 0 radical (unpaired) electrons. The number of unbranched alkanes of at least 4 members (excludes halogenated alkanes) is 2. The second kappa shape index (κ2) is 9.49. The molecule has 0 bridgehead atoms. The van der Waals surface area contributed by atoms with E-state index in [2.05, 4.69) is 6.92 Å². The maximum Gasteiger partial charge on any atom is 0.314 e. The highest BCUT2D eigenvalue weighted by molar-refractivity contribution is 5.72. The predicted octanol–water partition coefficient (Wildman–Crippen LogP) is 3.38. The lowest BCUT2D eigenvalue weighted by Crippen LogP contribution is -2.41. The molecule has 0 aromatic carbocycles. The molecule has 1 aliphatic heterocycles. The van der Waals surface area contributed by atoms with Gasteiger partial charge in [-0.1, -0.05) is 46.5 Å². The van der Waals surface area contributed by atoms with E-state index in [1.807, 2.05) is 13.8 Å². The molecular weight excluding hydrogens is 200 g/mol. The number of hydrogen-bond acceptors (Lipinski definition) is 1. The first-order chi connectivity index (χ1) is 7.74. The minimum atomic E-state index is -0.253. The van der Waals surface area contributed by atoms with Gasteiger partial charge in [0, 0.05) is 13.1 Å². The van der Waals surface area contributed by atoms with Crippen LogP contribution in [-0.4, -0.2) is 24.0 Å². The van der Waals surface area contributed by atoms with Gasteiger partial charge >= 0.3 is 6.03 Å². The average molecular weight is 228 g/mol. The molecule has 0 unspecified atom stereocenters. The van der Waals surface area contributed by atoms with E-state index in [9.17, 15) is 4.79 Å². The van der Waals surface area contributed by atoms with E-state index in [0.29, 0.717) is 0 Å². The molecule has 16 heavy (non-hydrogen) atoms. The second-order valence-electron chi connectivity index (χ2n) is 4.26. The molecule has 1 fully saturated rings. The van der Waals surface area contributed by atoms with E-state index in [4.69, 9.17) is 5.73 Å². The summed E-state index contributed by atoms with van der Waals surface area (Å²) in [6, 6.07) is -0.253. The Labute approximate surface area is 100 Å².